The molecule has 2 aromatic rings. The fourth-order valence-electron chi connectivity index (χ4n) is 6.76. The zero-order valence-corrected chi connectivity index (χ0v) is 20.5. The molecule has 4 bridgehead atoms. The fourth-order valence-corrected chi connectivity index (χ4v) is 8.26. The molecule has 0 aromatic heterocycles. The molecular formula is C27H30Cl2N2O3. The SMILES string of the molecule is O=C(CNC(=O)OCc1ccccc1)N[C@@H](c1ccccc1)[C@H]1[C@H]2C[C@@H]3C[C@](Cl)(C2)C[C@@]1(Cl)C3. The predicted octanol–water partition coefficient (Wildman–Crippen LogP) is 5.57. The van der Waals surface area contributed by atoms with Gasteiger partial charge in [-0.15, -0.1) is 23.2 Å². The highest BCUT2D eigenvalue weighted by Crippen LogP contribution is 2.66. The number of amides is 2. The van der Waals surface area contributed by atoms with E-state index in [1.807, 2.05) is 60.7 Å². The molecule has 34 heavy (non-hydrogen) atoms. The molecule has 0 spiro atoms. The highest BCUT2D eigenvalue weighted by atomic mass is 35.5. The Kier molecular flexibility index (Phi) is 6.51. The quantitative estimate of drug-likeness (QED) is 0.488. The van der Waals surface area contributed by atoms with Crippen LogP contribution in [0.1, 0.15) is 49.3 Å². The number of ether oxygens (including phenoxy) is 1. The van der Waals surface area contributed by atoms with E-state index in [0.717, 1.165) is 43.2 Å². The second kappa shape index (κ2) is 9.43. The summed E-state index contributed by atoms with van der Waals surface area (Å²) >= 11 is 14.3. The van der Waals surface area contributed by atoms with Crippen LogP contribution in [0.5, 0.6) is 0 Å². The van der Waals surface area contributed by atoms with E-state index >= 15 is 0 Å². The van der Waals surface area contributed by atoms with Crippen LogP contribution < -0.4 is 10.6 Å². The lowest BCUT2D eigenvalue weighted by Crippen LogP contribution is -2.62. The van der Waals surface area contributed by atoms with Crippen molar-refractivity contribution >= 4 is 35.2 Å². The van der Waals surface area contributed by atoms with E-state index in [9.17, 15) is 9.59 Å². The molecule has 4 saturated carbocycles. The van der Waals surface area contributed by atoms with Crippen molar-refractivity contribution in [1.29, 1.82) is 0 Å². The Morgan fingerprint density at radius 2 is 1.71 bits per heavy atom. The maximum atomic E-state index is 13.0. The van der Waals surface area contributed by atoms with Crippen molar-refractivity contribution in [2.24, 2.45) is 17.8 Å². The van der Waals surface area contributed by atoms with E-state index in [0.29, 0.717) is 11.8 Å². The number of hydrogen-bond donors (Lipinski definition) is 2. The van der Waals surface area contributed by atoms with Gasteiger partial charge in [0.15, 0.2) is 0 Å². The van der Waals surface area contributed by atoms with Crippen LogP contribution in [0.3, 0.4) is 0 Å². The molecule has 0 radical (unpaired) electrons. The highest BCUT2D eigenvalue weighted by molar-refractivity contribution is 6.28. The molecule has 6 atom stereocenters. The molecule has 0 saturated heterocycles. The smallest absolute Gasteiger partial charge is 0.407 e. The summed E-state index contributed by atoms with van der Waals surface area (Å²) in [4.78, 5) is 24.4. The first kappa shape index (κ1) is 23.5. The van der Waals surface area contributed by atoms with Gasteiger partial charge in [0.2, 0.25) is 5.91 Å². The Labute approximate surface area is 210 Å². The molecule has 4 aliphatic carbocycles. The minimum absolute atomic E-state index is 0.0916. The van der Waals surface area contributed by atoms with Gasteiger partial charge in [0.05, 0.1) is 10.9 Å². The van der Waals surface area contributed by atoms with Crippen LogP contribution in [0.25, 0.3) is 0 Å². The van der Waals surface area contributed by atoms with Crippen LogP contribution in [0.15, 0.2) is 60.7 Å². The monoisotopic (exact) mass is 500 g/mol. The molecule has 6 rings (SSSR count). The summed E-state index contributed by atoms with van der Waals surface area (Å²) < 4.78 is 5.22. The molecule has 0 aliphatic heterocycles. The number of carbonyl (C=O) groups excluding carboxylic acids is 2. The van der Waals surface area contributed by atoms with Crippen molar-refractivity contribution in [3.8, 4) is 0 Å². The normalized spacial score (nSPS) is 32.1. The number of carbonyl (C=O) groups is 2. The molecule has 5 nitrogen and oxygen atoms in total. The van der Waals surface area contributed by atoms with Crippen molar-refractivity contribution in [3.63, 3.8) is 0 Å². The topological polar surface area (TPSA) is 67.4 Å². The maximum absolute atomic E-state index is 13.0. The lowest BCUT2D eigenvalue weighted by Gasteiger charge is -2.63. The lowest BCUT2D eigenvalue weighted by atomic mass is 9.49. The van der Waals surface area contributed by atoms with Gasteiger partial charge in [-0.3, -0.25) is 4.79 Å². The van der Waals surface area contributed by atoms with E-state index < -0.39 is 11.0 Å². The molecular weight excluding hydrogens is 471 g/mol. The number of nitrogens with one attached hydrogen (secondary N) is 2. The van der Waals surface area contributed by atoms with E-state index in [4.69, 9.17) is 27.9 Å². The van der Waals surface area contributed by atoms with E-state index in [1.54, 1.807) is 0 Å². The van der Waals surface area contributed by atoms with E-state index in [1.165, 1.54) is 0 Å². The number of hydrogen-bond acceptors (Lipinski definition) is 3. The van der Waals surface area contributed by atoms with Gasteiger partial charge in [0.1, 0.15) is 13.2 Å². The summed E-state index contributed by atoms with van der Waals surface area (Å²) in [6.07, 6.45) is 4.17. The maximum Gasteiger partial charge on any atom is 0.407 e. The molecule has 2 N–H and O–H groups in total. The summed E-state index contributed by atoms with van der Waals surface area (Å²) in [6, 6.07) is 19.2. The van der Waals surface area contributed by atoms with Gasteiger partial charge in [-0.2, -0.15) is 0 Å². The fraction of sp³-hybridized carbons (Fsp3) is 0.481. The average molecular weight is 501 g/mol. The van der Waals surface area contributed by atoms with Gasteiger partial charge in [0, 0.05) is 10.8 Å². The van der Waals surface area contributed by atoms with Gasteiger partial charge in [-0.1, -0.05) is 60.7 Å². The first-order chi connectivity index (χ1) is 16.3. The molecule has 7 heteroatoms. The third-order valence-corrected chi connectivity index (χ3v) is 8.69. The Morgan fingerprint density at radius 3 is 2.38 bits per heavy atom. The Balaban J connectivity index is 1.25. The van der Waals surface area contributed by atoms with Crippen LogP contribution in [0.4, 0.5) is 4.79 Å². The van der Waals surface area contributed by atoms with Gasteiger partial charge >= 0.3 is 6.09 Å². The number of rotatable bonds is 7. The van der Waals surface area contributed by atoms with Crippen LogP contribution in [-0.2, 0) is 16.1 Å². The van der Waals surface area contributed by atoms with Crippen LogP contribution in [-0.4, -0.2) is 28.3 Å². The molecule has 4 fully saturated rings. The largest absolute Gasteiger partial charge is 0.445 e. The van der Waals surface area contributed by atoms with Gasteiger partial charge in [-0.25, -0.2) is 4.79 Å². The summed E-state index contributed by atoms with van der Waals surface area (Å²) in [7, 11) is 0. The second-order valence-corrected chi connectivity index (χ2v) is 11.8. The van der Waals surface area contributed by atoms with Crippen molar-refractivity contribution in [2.45, 2.75) is 54.5 Å². The van der Waals surface area contributed by atoms with Crippen LogP contribution in [0.2, 0.25) is 0 Å². The zero-order valence-electron chi connectivity index (χ0n) is 19.0. The minimum atomic E-state index is -0.622. The second-order valence-electron chi connectivity index (χ2n) is 10.2. The van der Waals surface area contributed by atoms with Crippen molar-refractivity contribution in [2.75, 3.05) is 6.54 Å². The van der Waals surface area contributed by atoms with Crippen LogP contribution in [0, 0.1) is 17.8 Å². The predicted molar refractivity (Wildman–Crippen MR) is 133 cm³/mol. The third kappa shape index (κ3) is 4.92. The molecule has 2 aromatic carbocycles. The Hall–Kier alpha value is -2.24. The van der Waals surface area contributed by atoms with Crippen molar-refractivity contribution in [1.82, 2.24) is 10.6 Å². The molecule has 180 valence electrons. The number of alkyl halides is 2. The lowest BCUT2D eigenvalue weighted by molar-refractivity contribution is -0.122. The first-order valence-electron chi connectivity index (χ1n) is 12.0. The van der Waals surface area contributed by atoms with Gasteiger partial charge < -0.3 is 15.4 Å². The van der Waals surface area contributed by atoms with Gasteiger partial charge in [0.25, 0.3) is 0 Å². The van der Waals surface area contributed by atoms with Crippen molar-refractivity contribution in [3.05, 3.63) is 71.8 Å². The van der Waals surface area contributed by atoms with E-state index in [2.05, 4.69) is 10.6 Å². The summed E-state index contributed by atoms with van der Waals surface area (Å²) in [6.45, 7) is -0.00745. The van der Waals surface area contributed by atoms with Crippen LogP contribution >= 0.6 is 23.2 Å². The molecule has 0 heterocycles. The van der Waals surface area contributed by atoms with Crippen molar-refractivity contribution < 1.29 is 14.3 Å². The van der Waals surface area contributed by atoms with Gasteiger partial charge in [-0.05, 0) is 55.1 Å². The minimum Gasteiger partial charge on any atom is -0.445 e. The molecule has 4 aliphatic rings. The standard InChI is InChI=1S/C27H30Cl2N2O3/c28-26-12-19-11-21(14-26)23(27(29,13-19)17-26)24(20-9-5-2-6-10-20)31-22(32)15-30-25(33)34-16-18-7-3-1-4-8-18/h1-10,19,21,23-24H,11-17H2,(H,30,33)(H,31,32)/t19-,21+,23-,24+,26+,27+/m1/s1. The molecule has 0 unspecified atom stereocenters. The Morgan fingerprint density at radius 1 is 1.00 bits per heavy atom. The number of benzene rings is 2. The zero-order chi connectivity index (χ0) is 23.8. The third-order valence-electron chi connectivity index (χ3n) is 7.70. The number of alkyl carbamates (subject to hydrolysis) is 1. The highest BCUT2D eigenvalue weighted by Gasteiger charge is 2.63. The summed E-state index contributed by atoms with van der Waals surface area (Å²) in [5, 5.41) is 5.76. The summed E-state index contributed by atoms with van der Waals surface area (Å²) in [5.41, 5.74) is 1.92. The number of halogens is 2. The van der Waals surface area contributed by atoms with E-state index in [-0.39, 0.29) is 35.9 Å². The average Bonchev–Trinajstić information content (AvgIpc) is 2.80. The first-order valence-corrected chi connectivity index (χ1v) is 12.8. The Bertz CT molecular complexity index is 1040. The molecule has 2 amide bonds. The summed E-state index contributed by atoms with van der Waals surface area (Å²) in [5.74, 6) is 0.756.